The van der Waals surface area contributed by atoms with E-state index in [9.17, 15) is 14.3 Å². The summed E-state index contributed by atoms with van der Waals surface area (Å²) in [6, 6.07) is 6.01. The summed E-state index contributed by atoms with van der Waals surface area (Å²) in [6.45, 7) is 5.84. The lowest BCUT2D eigenvalue weighted by molar-refractivity contribution is -0.133. The molecule has 5 nitrogen and oxygen atoms in total. The first kappa shape index (κ1) is 17.7. The smallest absolute Gasteiger partial charge is 0.222 e. The Labute approximate surface area is 136 Å². The Balaban J connectivity index is 1.62. The zero-order valence-corrected chi connectivity index (χ0v) is 13.6. The van der Waals surface area contributed by atoms with Gasteiger partial charge in [0.2, 0.25) is 5.91 Å². The van der Waals surface area contributed by atoms with Crippen molar-refractivity contribution in [2.45, 2.75) is 25.9 Å². The van der Waals surface area contributed by atoms with Gasteiger partial charge in [0, 0.05) is 45.2 Å². The molecule has 128 valence electrons. The molecule has 1 saturated heterocycles. The summed E-state index contributed by atoms with van der Waals surface area (Å²) in [6.07, 6.45) is 0.715. The summed E-state index contributed by atoms with van der Waals surface area (Å²) in [5, 5.41) is 9.37. The van der Waals surface area contributed by atoms with Crippen LogP contribution in [0.5, 0.6) is 5.75 Å². The normalized spacial score (nSPS) is 17.1. The van der Waals surface area contributed by atoms with Crippen LogP contribution in [0.25, 0.3) is 0 Å². The van der Waals surface area contributed by atoms with E-state index in [1.807, 2.05) is 4.90 Å². The van der Waals surface area contributed by atoms with Crippen molar-refractivity contribution < 1.29 is 19.0 Å². The van der Waals surface area contributed by atoms with Gasteiger partial charge in [-0.15, -0.1) is 0 Å². The highest BCUT2D eigenvalue weighted by Crippen LogP contribution is 2.13. The number of nitrogens with zero attached hydrogens (tertiary/aromatic N) is 2. The highest BCUT2D eigenvalue weighted by atomic mass is 19.1. The van der Waals surface area contributed by atoms with Gasteiger partial charge in [-0.1, -0.05) is 6.07 Å². The molecule has 0 bridgehead atoms. The first-order valence-electron chi connectivity index (χ1n) is 8.11. The van der Waals surface area contributed by atoms with E-state index in [4.69, 9.17) is 4.74 Å². The summed E-state index contributed by atoms with van der Waals surface area (Å²) in [7, 11) is 0. The number of amides is 1. The van der Waals surface area contributed by atoms with Crippen molar-refractivity contribution in [2.75, 3.05) is 39.3 Å². The second-order valence-electron chi connectivity index (χ2n) is 5.94. The molecule has 0 aromatic heterocycles. The van der Waals surface area contributed by atoms with Crippen molar-refractivity contribution in [1.82, 2.24) is 9.80 Å². The highest BCUT2D eigenvalue weighted by molar-refractivity contribution is 5.76. The van der Waals surface area contributed by atoms with Gasteiger partial charge in [-0.05, 0) is 25.5 Å². The molecule has 0 radical (unpaired) electrons. The lowest BCUT2D eigenvalue weighted by atomic mass is 10.2. The Hall–Kier alpha value is -1.66. The largest absolute Gasteiger partial charge is 0.493 e. The standard InChI is InChI=1S/C17H25FN2O3/c1-14(21)13-19-7-9-20(10-8-19)17(22)6-3-11-23-16-5-2-4-15(18)12-16/h2,4-5,12,14,21H,3,6-11,13H2,1H3/t14-/m0/s1. The molecule has 0 saturated carbocycles. The number of benzene rings is 1. The van der Waals surface area contributed by atoms with Crippen LogP contribution in [0.1, 0.15) is 19.8 Å². The molecule has 0 spiro atoms. The Morgan fingerprint density at radius 3 is 2.74 bits per heavy atom. The van der Waals surface area contributed by atoms with Gasteiger partial charge in [0.05, 0.1) is 12.7 Å². The maximum atomic E-state index is 13.0. The Morgan fingerprint density at radius 2 is 2.09 bits per heavy atom. The van der Waals surface area contributed by atoms with E-state index < -0.39 is 0 Å². The lowest BCUT2D eigenvalue weighted by Gasteiger charge is -2.35. The van der Waals surface area contributed by atoms with E-state index in [2.05, 4.69) is 4.90 Å². The fourth-order valence-corrected chi connectivity index (χ4v) is 2.68. The van der Waals surface area contributed by atoms with Gasteiger partial charge in [0.1, 0.15) is 11.6 Å². The van der Waals surface area contributed by atoms with Crippen LogP contribution in [-0.4, -0.2) is 66.2 Å². The van der Waals surface area contributed by atoms with Crippen LogP contribution in [0, 0.1) is 5.82 Å². The molecular weight excluding hydrogens is 299 g/mol. The van der Waals surface area contributed by atoms with Crippen molar-refractivity contribution in [3.8, 4) is 5.75 Å². The molecule has 1 aromatic carbocycles. The predicted molar refractivity (Wildman–Crippen MR) is 85.8 cm³/mol. The van der Waals surface area contributed by atoms with E-state index in [1.54, 1.807) is 19.1 Å². The number of carbonyl (C=O) groups excluding carboxylic acids is 1. The molecule has 1 N–H and O–H groups in total. The average Bonchev–Trinajstić information content (AvgIpc) is 2.51. The van der Waals surface area contributed by atoms with Crippen molar-refractivity contribution >= 4 is 5.91 Å². The molecule has 1 amide bonds. The van der Waals surface area contributed by atoms with Crippen molar-refractivity contribution in [3.63, 3.8) is 0 Å². The molecule has 1 aliphatic heterocycles. The fraction of sp³-hybridized carbons (Fsp3) is 0.588. The average molecular weight is 324 g/mol. The first-order chi connectivity index (χ1) is 11.0. The number of β-amino-alcohol motifs (C(OH)–C–C–N with tert-alkyl or cyclic N) is 1. The monoisotopic (exact) mass is 324 g/mol. The third-order valence-electron chi connectivity index (χ3n) is 3.85. The Kier molecular flexibility index (Phi) is 6.80. The predicted octanol–water partition coefficient (Wildman–Crippen LogP) is 1.51. The Bertz CT molecular complexity index is 502. The Morgan fingerprint density at radius 1 is 1.35 bits per heavy atom. The van der Waals surface area contributed by atoms with E-state index in [-0.39, 0.29) is 17.8 Å². The van der Waals surface area contributed by atoms with Gasteiger partial charge in [-0.3, -0.25) is 9.69 Å². The van der Waals surface area contributed by atoms with Gasteiger partial charge in [-0.25, -0.2) is 4.39 Å². The summed E-state index contributed by atoms with van der Waals surface area (Å²) >= 11 is 0. The molecule has 0 unspecified atom stereocenters. The minimum Gasteiger partial charge on any atom is -0.493 e. The van der Waals surface area contributed by atoms with Crippen molar-refractivity contribution in [3.05, 3.63) is 30.1 Å². The van der Waals surface area contributed by atoms with Crippen LogP contribution >= 0.6 is 0 Å². The molecule has 1 fully saturated rings. The van der Waals surface area contributed by atoms with Gasteiger partial charge < -0.3 is 14.7 Å². The van der Waals surface area contributed by atoms with E-state index in [0.717, 1.165) is 13.1 Å². The summed E-state index contributed by atoms with van der Waals surface area (Å²) in [5.41, 5.74) is 0. The number of ether oxygens (including phenoxy) is 1. The second-order valence-corrected chi connectivity index (χ2v) is 5.94. The van der Waals surface area contributed by atoms with E-state index >= 15 is 0 Å². The molecule has 0 aliphatic carbocycles. The van der Waals surface area contributed by atoms with Gasteiger partial charge in [0.15, 0.2) is 0 Å². The summed E-state index contributed by atoms with van der Waals surface area (Å²) < 4.78 is 18.4. The number of aliphatic hydroxyl groups excluding tert-OH is 1. The molecule has 1 atom stereocenters. The SMILES string of the molecule is C[C@H](O)CN1CCN(C(=O)CCCOc2cccc(F)c2)CC1. The van der Waals surface area contributed by atoms with Crippen LogP contribution in [0.15, 0.2) is 24.3 Å². The van der Waals surface area contributed by atoms with Crippen LogP contribution in [0.3, 0.4) is 0 Å². The lowest BCUT2D eigenvalue weighted by Crippen LogP contribution is -2.50. The number of aliphatic hydroxyl groups is 1. The maximum Gasteiger partial charge on any atom is 0.222 e. The number of carbonyl (C=O) groups is 1. The second kappa shape index (κ2) is 8.84. The first-order valence-corrected chi connectivity index (χ1v) is 8.11. The third kappa shape index (κ3) is 6.15. The van der Waals surface area contributed by atoms with Crippen LogP contribution in [0.2, 0.25) is 0 Å². The van der Waals surface area contributed by atoms with Crippen LogP contribution < -0.4 is 4.74 Å². The number of hydrogen-bond acceptors (Lipinski definition) is 4. The number of halogens is 1. The highest BCUT2D eigenvalue weighted by Gasteiger charge is 2.21. The molecule has 1 aliphatic rings. The molecule has 23 heavy (non-hydrogen) atoms. The van der Waals surface area contributed by atoms with Crippen molar-refractivity contribution in [2.24, 2.45) is 0 Å². The maximum absolute atomic E-state index is 13.0. The summed E-state index contributed by atoms with van der Waals surface area (Å²) in [5.74, 6) is 0.294. The van der Waals surface area contributed by atoms with Crippen molar-refractivity contribution in [1.29, 1.82) is 0 Å². The molecule has 6 heteroatoms. The topological polar surface area (TPSA) is 53.0 Å². The number of hydrogen-bond donors (Lipinski definition) is 1. The van der Waals surface area contributed by atoms with E-state index in [0.29, 0.717) is 44.8 Å². The zero-order valence-electron chi connectivity index (χ0n) is 13.6. The number of piperazine rings is 1. The van der Waals surface area contributed by atoms with Crippen LogP contribution in [0.4, 0.5) is 4.39 Å². The molecular formula is C17H25FN2O3. The third-order valence-corrected chi connectivity index (χ3v) is 3.85. The summed E-state index contributed by atoms with van der Waals surface area (Å²) in [4.78, 5) is 16.2. The minimum absolute atomic E-state index is 0.129. The zero-order chi connectivity index (χ0) is 16.7. The minimum atomic E-state index is -0.336. The van der Waals surface area contributed by atoms with Gasteiger partial charge >= 0.3 is 0 Å². The van der Waals surface area contributed by atoms with Gasteiger partial charge in [0.25, 0.3) is 0 Å². The van der Waals surface area contributed by atoms with E-state index in [1.165, 1.54) is 12.1 Å². The quantitative estimate of drug-likeness (QED) is 0.773. The van der Waals surface area contributed by atoms with Gasteiger partial charge in [-0.2, -0.15) is 0 Å². The number of rotatable bonds is 7. The molecule has 1 aromatic rings. The van der Waals surface area contributed by atoms with Crippen LogP contribution in [-0.2, 0) is 4.79 Å². The molecule has 2 rings (SSSR count). The fourth-order valence-electron chi connectivity index (χ4n) is 2.68. The molecule has 1 heterocycles.